The van der Waals surface area contributed by atoms with Crippen molar-refractivity contribution in [3.8, 4) is 0 Å². The third kappa shape index (κ3) is 43.4. The van der Waals surface area contributed by atoms with Crippen molar-refractivity contribution in [2.24, 2.45) is 5.92 Å². The highest BCUT2D eigenvalue weighted by Gasteiger charge is 2.03. The molecule has 0 aromatic heterocycles. The van der Waals surface area contributed by atoms with Gasteiger partial charge in [-0.3, -0.25) is 0 Å². The fourth-order valence-electron chi connectivity index (χ4n) is 7.09. The van der Waals surface area contributed by atoms with Crippen molar-refractivity contribution >= 4 is 0 Å². The van der Waals surface area contributed by atoms with E-state index in [1.54, 1.807) is 0 Å². The molecule has 1 fully saturated rings. The standard InChI is InChI=1S/C28H57N.C16H32.C2H4/c1-5-7-9-11-13-14-15-16-17-20-24-28(3)25-21-19-23-27-29(4)26-22-18-12-10-8-6-2;1-16-14-12-10-8-6-4-2-3-5-7-9-11-13-15-16;1-2/h3,5-27H2,1-2,4H3;16H,2-15H2,1H3;1-2H2. The fourth-order valence-corrected chi connectivity index (χ4v) is 7.09. The van der Waals surface area contributed by atoms with Gasteiger partial charge >= 0.3 is 0 Å². The summed E-state index contributed by atoms with van der Waals surface area (Å²) in [7, 11) is 2.30. The van der Waals surface area contributed by atoms with Gasteiger partial charge in [0.15, 0.2) is 0 Å². The Labute approximate surface area is 301 Å². The summed E-state index contributed by atoms with van der Waals surface area (Å²) in [5.41, 5.74) is 1.50. The number of rotatable bonds is 24. The Morgan fingerprint density at radius 1 is 0.447 bits per heavy atom. The Bertz CT molecular complexity index is 551. The van der Waals surface area contributed by atoms with E-state index in [1.807, 2.05) is 0 Å². The van der Waals surface area contributed by atoms with E-state index in [2.05, 4.69) is 52.5 Å². The van der Waals surface area contributed by atoms with E-state index in [-0.39, 0.29) is 0 Å². The zero-order valence-electron chi connectivity index (χ0n) is 33.8. The van der Waals surface area contributed by atoms with E-state index in [1.165, 1.54) is 243 Å². The first kappa shape index (κ1) is 48.6. The zero-order chi connectivity index (χ0) is 34.9. The van der Waals surface area contributed by atoms with Crippen LogP contribution in [0.2, 0.25) is 0 Å². The Balaban J connectivity index is 0. The van der Waals surface area contributed by atoms with Crippen molar-refractivity contribution in [2.45, 2.75) is 245 Å². The second-order valence-corrected chi connectivity index (χ2v) is 15.5. The summed E-state index contributed by atoms with van der Waals surface area (Å²) in [6, 6.07) is 0. The summed E-state index contributed by atoms with van der Waals surface area (Å²) >= 11 is 0. The van der Waals surface area contributed by atoms with Gasteiger partial charge in [-0.05, 0) is 64.6 Å². The summed E-state index contributed by atoms with van der Waals surface area (Å²) < 4.78 is 0. The molecular weight excluding hydrogens is 567 g/mol. The lowest BCUT2D eigenvalue weighted by Crippen LogP contribution is -2.20. The monoisotopic (exact) mass is 660 g/mol. The van der Waals surface area contributed by atoms with Gasteiger partial charge in [0.2, 0.25) is 0 Å². The van der Waals surface area contributed by atoms with E-state index in [0.29, 0.717) is 0 Å². The van der Waals surface area contributed by atoms with Crippen LogP contribution in [-0.4, -0.2) is 25.0 Å². The maximum absolute atomic E-state index is 4.32. The minimum atomic E-state index is 0.991. The topological polar surface area (TPSA) is 3.24 Å². The van der Waals surface area contributed by atoms with Gasteiger partial charge in [-0.1, -0.05) is 219 Å². The Morgan fingerprint density at radius 2 is 0.723 bits per heavy atom. The molecule has 282 valence electrons. The van der Waals surface area contributed by atoms with Crippen LogP contribution in [0.1, 0.15) is 245 Å². The van der Waals surface area contributed by atoms with Crippen molar-refractivity contribution in [1.82, 2.24) is 4.90 Å². The Morgan fingerprint density at radius 3 is 1.09 bits per heavy atom. The van der Waals surface area contributed by atoms with Crippen molar-refractivity contribution in [3.05, 3.63) is 25.3 Å². The van der Waals surface area contributed by atoms with Crippen molar-refractivity contribution in [1.29, 1.82) is 0 Å². The van der Waals surface area contributed by atoms with E-state index in [0.717, 1.165) is 5.92 Å². The second kappa shape index (κ2) is 43.5. The van der Waals surface area contributed by atoms with E-state index < -0.39 is 0 Å². The molecule has 1 aliphatic carbocycles. The third-order valence-corrected chi connectivity index (χ3v) is 10.5. The molecule has 0 amide bonds. The first-order valence-corrected chi connectivity index (χ1v) is 21.9. The fraction of sp³-hybridized carbons (Fsp3) is 0.913. The highest BCUT2D eigenvalue weighted by atomic mass is 15.1. The second-order valence-electron chi connectivity index (χ2n) is 15.5. The molecule has 0 aromatic rings. The van der Waals surface area contributed by atoms with Crippen LogP contribution in [0.4, 0.5) is 0 Å². The van der Waals surface area contributed by atoms with Gasteiger partial charge in [0.1, 0.15) is 0 Å². The molecule has 1 aliphatic rings. The number of allylic oxidation sites excluding steroid dienone is 1. The highest BCUT2D eigenvalue weighted by molar-refractivity contribution is 4.93. The maximum atomic E-state index is 4.32. The van der Waals surface area contributed by atoms with Gasteiger partial charge < -0.3 is 4.90 Å². The number of hydrogen-bond acceptors (Lipinski definition) is 1. The minimum Gasteiger partial charge on any atom is -0.306 e. The summed E-state index contributed by atoms with van der Waals surface area (Å²) in [5, 5.41) is 0. The predicted molar refractivity (Wildman–Crippen MR) is 220 cm³/mol. The molecule has 0 radical (unpaired) electrons. The molecule has 1 saturated carbocycles. The van der Waals surface area contributed by atoms with Gasteiger partial charge in [0, 0.05) is 0 Å². The third-order valence-electron chi connectivity index (χ3n) is 10.5. The van der Waals surface area contributed by atoms with Crippen LogP contribution >= 0.6 is 0 Å². The molecule has 0 atom stereocenters. The van der Waals surface area contributed by atoms with Crippen molar-refractivity contribution in [3.63, 3.8) is 0 Å². The molecule has 1 rings (SSSR count). The van der Waals surface area contributed by atoms with Crippen LogP contribution in [0.15, 0.2) is 25.3 Å². The SMILES string of the molecule is C=C.C=C(CCCCCCCCCCCC)CCCCCN(C)CCCCCCCC.CC1CCCCCCCCCCCCCC1. The predicted octanol–water partition coefficient (Wildman–Crippen LogP) is 16.6. The molecule has 47 heavy (non-hydrogen) atoms. The maximum Gasteiger partial charge on any atom is -0.00218 e. The van der Waals surface area contributed by atoms with Crippen molar-refractivity contribution < 1.29 is 0 Å². The zero-order valence-corrected chi connectivity index (χ0v) is 33.8. The average Bonchev–Trinajstić information content (AvgIpc) is 3.09. The Hall–Kier alpha value is -0.560. The number of nitrogens with zero attached hydrogens (tertiary/aromatic N) is 1. The molecule has 0 N–H and O–H groups in total. The van der Waals surface area contributed by atoms with Gasteiger partial charge in [-0.25, -0.2) is 0 Å². The lowest BCUT2D eigenvalue weighted by Gasteiger charge is -2.16. The van der Waals surface area contributed by atoms with Crippen LogP contribution in [0.25, 0.3) is 0 Å². The summed E-state index contributed by atoms with van der Waals surface area (Å²) in [6.45, 7) is 19.9. The molecule has 0 unspecified atom stereocenters. The minimum absolute atomic E-state index is 0.991. The van der Waals surface area contributed by atoms with Crippen LogP contribution in [0.3, 0.4) is 0 Å². The molecule has 1 heteroatoms. The van der Waals surface area contributed by atoms with E-state index >= 15 is 0 Å². The average molecular weight is 660 g/mol. The van der Waals surface area contributed by atoms with Gasteiger partial charge in [-0.15, -0.1) is 13.2 Å². The quantitative estimate of drug-likeness (QED) is 0.0736. The lowest BCUT2D eigenvalue weighted by molar-refractivity contribution is 0.315. The molecule has 0 saturated heterocycles. The highest BCUT2D eigenvalue weighted by Crippen LogP contribution is 2.20. The Kier molecular flexibility index (Phi) is 44.9. The van der Waals surface area contributed by atoms with Gasteiger partial charge in [0.25, 0.3) is 0 Å². The molecule has 0 aromatic carbocycles. The molecule has 0 spiro atoms. The van der Waals surface area contributed by atoms with Gasteiger partial charge in [0.05, 0.1) is 0 Å². The normalized spacial score (nSPS) is 15.5. The van der Waals surface area contributed by atoms with Crippen LogP contribution in [-0.2, 0) is 0 Å². The van der Waals surface area contributed by atoms with Crippen LogP contribution < -0.4 is 0 Å². The lowest BCUT2D eigenvalue weighted by atomic mass is 9.96. The smallest absolute Gasteiger partial charge is 0.00218 e. The van der Waals surface area contributed by atoms with Crippen LogP contribution in [0, 0.1) is 5.92 Å². The summed E-state index contributed by atoms with van der Waals surface area (Å²) in [5.74, 6) is 0.991. The van der Waals surface area contributed by atoms with E-state index in [4.69, 9.17) is 0 Å². The molecule has 0 heterocycles. The molecule has 0 aliphatic heterocycles. The van der Waals surface area contributed by atoms with Gasteiger partial charge in [-0.2, -0.15) is 0 Å². The summed E-state index contributed by atoms with van der Waals surface area (Å²) in [6.07, 6.45) is 50.2. The van der Waals surface area contributed by atoms with Crippen LogP contribution in [0.5, 0.6) is 0 Å². The number of unbranched alkanes of at least 4 members (excludes halogenated alkanes) is 16. The largest absolute Gasteiger partial charge is 0.306 e. The molecular formula is C46H93N. The first-order chi connectivity index (χ1) is 23.1. The number of hydrogen-bond donors (Lipinski definition) is 0. The van der Waals surface area contributed by atoms with Crippen molar-refractivity contribution in [2.75, 3.05) is 20.1 Å². The van der Waals surface area contributed by atoms with E-state index in [9.17, 15) is 0 Å². The molecule has 0 bridgehead atoms. The first-order valence-electron chi connectivity index (χ1n) is 21.9. The molecule has 1 nitrogen and oxygen atoms in total. The summed E-state index contributed by atoms with van der Waals surface area (Å²) in [4.78, 5) is 2.54.